The Balaban J connectivity index is 1.20. The van der Waals surface area contributed by atoms with E-state index in [1.807, 2.05) is 54.4 Å². The van der Waals surface area contributed by atoms with E-state index in [-0.39, 0.29) is 12.6 Å². The number of hydrogen-bond acceptors (Lipinski definition) is 8. The number of nitrogens with zero attached hydrogens (tertiary/aromatic N) is 3. The van der Waals surface area contributed by atoms with E-state index in [1.54, 1.807) is 0 Å². The van der Waals surface area contributed by atoms with Gasteiger partial charge in [-0.2, -0.15) is 0 Å². The molecule has 9 nitrogen and oxygen atoms in total. The standard InChI is InChI=1S/C39H43ClN4O5/c1-24-27(23-48-28-12-13-32-35(44(5)22-37(45)46)14-17-47-36(32)20-28)8-6-9-29(24)30-10-7-11-31(25(30)2)39-42-34-19-26(18-33(40)38(34)49-39)21-41-15-16-43(3)4/h6-13,18-20,35,41H,14-17,21-23H2,1-5H3,(H,45,46). The highest BCUT2D eigenvalue weighted by Gasteiger charge is 2.26. The molecule has 1 aliphatic heterocycles. The zero-order valence-electron chi connectivity index (χ0n) is 28.7. The third-order valence-electron chi connectivity index (χ3n) is 9.17. The van der Waals surface area contributed by atoms with Crippen molar-refractivity contribution in [2.75, 3.05) is 47.4 Å². The van der Waals surface area contributed by atoms with Crippen LogP contribution >= 0.6 is 11.6 Å². The molecular formula is C39H43ClN4O5. The van der Waals surface area contributed by atoms with Gasteiger partial charge in [-0.1, -0.05) is 48.0 Å². The van der Waals surface area contributed by atoms with Gasteiger partial charge in [0, 0.05) is 49.3 Å². The van der Waals surface area contributed by atoms with Gasteiger partial charge in [-0.3, -0.25) is 9.69 Å². The summed E-state index contributed by atoms with van der Waals surface area (Å²) >= 11 is 6.67. The third-order valence-corrected chi connectivity index (χ3v) is 9.45. The molecule has 10 heteroatoms. The molecule has 5 aromatic rings. The fourth-order valence-electron chi connectivity index (χ4n) is 6.47. The molecule has 1 unspecified atom stereocenters. The number of carboxylic acid groups (broad SMARTS) is 1. The first kappa shape index (κ1) is 34.5. The van der Waals surface area contributed by atoms with Crippen molar-refractivity contribution in [2.45, 2.75) is 39.5 Å². The molecule has 6 rings (SSSR count). The minimum absolute atomic E-state index is 0.0172. The van der Waals surface area contributed by atoms with E-state index in [1.165, 1.54) is 0 Å². The summed E-state index contributed by atoms with van der Waals surface area (Å²) in [4.78, 5) is 20.1. The van der Waals surface area contributed by atoms with Crippen LogP contribution in [0.5, 0.6) is 11.5 Å². The van der Waals surface area contributed by atoms with E-state index < -0.39 is 5.97 Å². The summed E-state index contributed by atoms with van der Waals surface area (Å²) in [5.74, 6) is 1.12. The van der Waals surface area contributed by atoms with E-state index in [4.69, 9.17) is 30.5 Å². The molecule has 0 spiro atoms. The number of benzene rings is 4. The first-order chi connectivity index (χ1) is 23.6. The van der Waals surface area contributed by atoms with E-state index in [0.29, 0.717) is 42.0 Å². The van der Waals surface area contributed by atoms with Gasteiger partial charge in [0.15, 0.2) is 5.58 Å². The van der Waals surface area contributed by atoms with Crippen molar-refractivity contribution >= 4 is 28.7 Å². The maximum atomic E-state index is 11.3. The van der Waals surface area contributed by atoms with Gasteiger partial charge in [-0.15, -0.1) is 0 Å². The van der Waals surface area contributed by atoms with Gasteiger partial charge >= 0.3 is 5.97 Å². The van der Waals surface area contributed by atoms with Crippen LogP contribution in [0.1, 0.15) is 40.3 Å². The topological polar surface area (TPSA) is 100 Å². The van der Waals surface area contributed by atoms with Crippen LogP contribution in [-0.4, -0.2) is 73.2 Å². The number of aliphatic carboxylic acids is 1. The Morgan fingerprint density at radius 1 is 1.02 bits per heavy atom. The Kier molecular flexibility index (Phi) is 10.6. The van der Waals surface area contributed by atoms with Crippen LogP contribution in [0.15, 0.2) is 71.1 Å². The van der Waals surface area contributed by atoms with Crippen molar-refractivity contribution in [3.05, 3.63) is 99.6 Å². The van der Waals surface area contributed by atoms with Crippen molar-refractivity contribution in [1.82, 2.24) is 20.1 Å². The lowest BCUT2D eigenvalue weighted by Crippen LogP contribution is -2.33. The van der Waals surface area contributed by atoms with Gasteiger partial charge < -0.3 is 29.2 Å². The highest BCUT2D eigenvalue weighted by Crippen LogP contribution is 2.39. The van der Waals surface area contributed by atoms with Gasteiger partial charge in [-0.25, -0.2) is 4.98 Å². The number of nitrogens with one attached hydrogen (secondary N) is 1. The Hall–Kier alpha value is -4.41. The average molecular weight is 683 g/mol. The van der Waals surface area contributed by atoms with Crippen LogP contribution in [0.4, 0.5) is 0 Å². The second kappa shape index (κ2) is 15.0. The Bertz CT molecular complexity index is 1970. The largest absolute Gasteiger partial charge is 0.493 e. The molecule has 49 heavy (non-hydrogen) atoms. The van der Waals surface area contributed by atoms with Crippen molar-refractivity contribution in [3.63, 3.8) is 0 Å². The summed E-state index contributed by atoms with van der Waals surface area (Å²) in [6, 6.07) is 22.2. The second-order valence-electron chi connectivity index (χ2n) is 12.9. The molecule has 256 valence electrons. The molecule has 0 bridgehead atoms. The fraction of sp³-hybridized carbons (Fsp3) is 0.333. The van der Waals surface area contributed by atoms with Crippen LogP contribution in [0.2, 0.25) is 5.02 Å². The summed E-state index contributed by atoms with van der Waals surface area (Å²) in [6.07, 6.45) is 0.736. The lowest BCUT2D eigenvalue weighted by Gasteiger charge is -2.32. The number of hydrogen-bond donors (Lipinski definition) is 2. The summed E-state index contributed by atoms with van der Waals surface area (Å²) in [5.41, 5.74) is 9.74. The van der Waals surface area contributed by atoms with Crippen molar-refractivity contribution < 1.29 is 23.8 Å². The molecule has 4 aromatic carbocycles. The number of likely N-dealkylation sites (N-methyl/N-ethyl adjacent to an activating group) is 2. The quantitative estimate of drug-likeness (QED) is 0.122. The van der Waals surface area contributed by atoms with Gasteiger partial charge in [0.1, 0.15) is 23.6 Å². The molecule has 0 radical (unpaired) electrons. The maximum Gasteiger partial charge on any atom is 0.317 e. The second-order valence-corrected chi connectivity index (χ2v) is 13.4. The monoisotopic (exact) mass is 682 g/mol. The highest BCUT2D eigenvalue weighted by atomic mass is 35.5. The van der Waals surface area contributed by atoms with Crippen LogP contribution in [0, 0.1) is 13.8 Å². The van der Waals surface area contributed by atoms with Gasteiger partial charge in [0.2, 0.25) is 5.89 Å². The predicted octanol–water partition coefficient (Wildman–Crippen LogP) is 7.50. The predicted molar refractivity (Wildman–Crippen MR) is 194 cm³/mol. The summed E-state index contributed by atoms with van der Waals surface area (Å²) in [7, 11) is 5.95. The lowest BCUT2D eigenvalue weighted by atomic mass is 9.91. The molecule has 0 saturated carbocycles. The molecule has 0 aliphatic carbocycles. The first-order valence-electron chi connectivity index (χ1n) is 16.5. The van der Waals surface area contributed by atoms with E-state index >= 15 is 0 Å². The number of aromatic nitrogens is 1. The van der Waals surface area contributed by atoms with E-state index in [9.17, 15) is 9.90 Å². The molecule has 0 amide bonds. The molecule has 0 fully saturated rings. The minimum atomic E-state index is -0.848. The van der Waals surface area contributed by atoms with Gasteiger partial charge in [0.25, 0.3) is 0 Å². The minimum Gasteiger partial charge on any atom is -0.493 e. The Morgan fingerprint density at radius 2 is 1.78 bits per heavy atom. The van der Waals surface area contributed by atoms with E-state index in [2.05, 4.69) is 62.4 Å². The normalized spacial score (nSPS) is 14.3. The average Bonchev–Trinajstić information content (AvgIpc) is 3.50. The Morgan fingerprint density at radius 3 is 2.55 bits per heavy atom. The number of fused-ring (bicyclic) bond motifs is 2. The highest BCUT2D eigenvalue weighted by molar-refractivity contribution is 6.34. The Labute approximate surface area is 292 Å². The number of halogens is 1. The molecule has 1 aliphatic rings. The number of carbonyl (C=O) groups is 1. The smallest absolute Gasteiger partial charge is 0.317 e. The fourth-order valence-corrected chi connectivity index (χ4v) is 6.75. The van der Waals surface area contributed by atoms with Crippen LogP contribution in [0.3, 0.4) is 0 Å². The van der Waals surface area contributed by atoms with Crippen molar-refractivity contribution in [3.8, 4) is 34.1 Å². The van der Waals surface area contributed by atoms with Crippen LogP contribution in [-0.2, 0) is 17.9 Å². The van der Waals surface area contributed by atoms with E-state index in [0.717, 1.165) is 75.3 Å². The van der Waals surface area contributed by atoms with Crippen molar-refractivity contribution in [2.24, 2.45) is 0 Å². The molecule has 0 saturated heterocycles. The third kappa shape index (κ3) is 7.76. The summed E-state index contributed by atoms with van der Waals surface area (Å²) in [6.45, 7) is 7.63. The summed E-state index contributed by atoms with van der Waals surface area (Å²) in [5, 5.41) is 13.3. The number of oxazole rings is 1. The van der Waals surface area contributed by atoms with Gasteiger partial charge in [-0.05, 0) is 92.6 Å². The van der Waals surface area contributed by atoms with Crippen LogP contribution in [0.25, 0.3) is 33.7 Å². The SMILES string of the molecule is Cc1c(COc2ccc3c(c2)OCCC3N(C)CC(=O)O)cccc1-c1cccc(-c2nc3cc(CNCCN(C)C)cc(Cl)c3o2)c1C. The summed E-state index contributed by atoms with van der Waals surface area (Å²) < 4.78 is 18.5. The van der Waals surface area contributed by atoms with Crippen LogP contribution < -0.4 is 14.8 Å². The molecular weight excluding hydrogens is 640 g/mol. The zero-order chi connectivity index (χ0) is 34.7. The number of carboxylic acids is 1. The molecule has 2 N–H and O–H groups in total. The zero-order valence-corrected chi connectivity index (χ0v) is 29.4. The van der Waals surface area contributed by atoms with Gasteiger partial charge in [0.05, 0.1) is 18.2 Å². The molecule has 1 atom stereocenters. The van der Waals surface area contributed by atoms with Crippen molar-refractivity contribution in [1.29, 1.82) is 0 Å². The molecule has 1 aromatic heterocycles. The number of ether oxygens (including phenoxy) is 2. The lowest BCUT2D eigenvalue weighted by molar-refractivity contribution is -0.138. The maximum absolute atomic E-state index is 11.3. The number of rotatable bonds is 13. The first-order valence-corrected chi connectivity index (χ1v) is 16.9. The molecule has 2 heterocycles.